The first kappa shape index (κ1) is 18.8. The van der Waals surface area contributed by atoms with E-state index in [1.807, 2.05) is 24.3 Å². The van der Waals surface area contributed by atoms with Crippen molar-refractivity contribution in [1.29, 1.82) is 0 Å². The lowest BCUT2D eigenvalue weighted by atomic mass is 9.81. The Morgan fingerprint density at radius 3 is 2.77 bits per heavy atom. The van der Waals surface area contributed by atoms with Crippen LogP contribution in [0.2, 0.25) is 5.02 Å². The molecule has 1 aromatic heterocycles. The van der Waals surface area contributed by atoms with E-state index in [0.29, 0.717) is 0 Å². The van der Waals surface area contributed by atoms with Gasteiger partial charge in [0.05, 0.1) is 22.8 Å². The minimum Gasteiger partial charge on any atom is -0.372 e. The topological polar surface area (TPSA) is 37.3 Å². The van der Waals surface area contributed by atoms with Gasteiger partial charge in [0.25, 0.3) is 0 Å². The third-order valence-corrected chi connectivity index (χ3v) is 7.33. The number of likely N-dealkylation sites (tertiary alicyclic amines) is 1. The molecular weight excluding hydrogens is 406 g/mol. The van der Waals surface area contributed by atoms with Crippen molar-refractivity contribution in [3.05, 3.63) is 88.7 Å². The summed E-state index contributed by atoms with van der Waals surface area (Å²) >= 11 is 6.26. The quantitative estimate of drug-likeness (QED) is 0.548. The number of anilines is 1. The number of fused-ring (bicyclic) bond motifs is 5. The van der Waals surface area contributed by atoms with E-state index in [4.69, 9.17) is 11.6 Å². The molecule has 1 aliphatic carbocycles. The van der Waals surface area contributed by atoms with Crippen LogP contribution >= 0.6 is 11.6 Å². The van der Waals surface area contributed by atoms with Gasteiger partial charge in [0.1, 0.15) is 0 Å². The normalized spacial score (nSPS) is 20.5. The Balaban J connectivity index is 1.26. The molecule has 1 fully saturated rings. The highest BCUT2D eigenvalue weighted by molar-refractivity contribution is 6.30. The van der Waals surface area contributed by atoms with Crippen LogP contribution in [0.1, 0.15) is 42.0 Å². The number of benzene rings is 2. The molecule has 2 aliphatic heterocycles. The number of carbonyl (C=O) groups is 1. The average Bonchev–Trinajstić information content (AvgIpc) is 3.31. The van der Waals surface area contributed by atoms with Gasteiger partial charge in [0.2, 0.25) is 5.91 Å². The van der Waals surface area contributed by atoms with E-state index < -0.39 is 0 Å². The van der Waals surface area contributed by atoms with Crippen molar-refractivity contribution in [2.24, 2.45) is 0 Å². The maximum Gasteiger partial charge on any atom is 0.230 e. The van der Waals surface area contributed by atoms with Gasteiger partial charge < -0.3 is 14.8 Å². The molecule has 3 aliphatic rings. The SMILES string of the molecule is O=C(C1CC=Cc2ccccc21)N1CCC2(CC1)Nc1ccc(Cl)cc1-n1cccc12. The number of rotatable bonds is 1. The first-order valence-electron chi connectivity index (χ1n) is 10.9. The Kier molecular flexibility index (Phi) is 4.25. The third-order valence-electron chi connectivity index (χ3n) is 7.10. The van der Waals surface area contributed by atoms with Crippen LogP contribution in [0.15, 0.2) is 66.9 Å². The van der Waals surface area contributed by atoms with Crippen molar-refractivity contribution >= 4 is 29.3 Å². The molecule has 1 unspecified atom stereocenters. The maximum atomic E-state index is 13.5. The van der Waals surface area contributed by atoms with Crippen LogP contribution in [0.3, 0.4) is 0 Å². The van der Waals surface area contributed by atoms with E-state index in [9.17, 15) is 4.79 Å². The van der Waals surface area contributed by atoms with Crippen molar-refractivity contribution in [2.75, 3.05) is 18.4 Å². The first-order valence-corrected chi connectivity index (χ1v) is 11.3. The van der Waals surface area contributed by atoms with E-state index in [1.54, 1.807) is 0 Å². The van der Waals surface area contributed by atoms with Gasteiger partial charge in [0, 0.05) is 30.0 Å². The first-order chi connectivity index (χ1) is 15.1. The summed E-state index contributed by atoms with van der Waals surface area (Å²) in [5.74, 6) is 0.186. The molecule has 31 heavy (non-hydrogen) atoms. The Bertz CT molecular complexity index is 1200. The molecule has 4 nitrogen and oxygen atoms in total. The zero-order valence-corrected chi connectivity index (χ0v) is 18.0. The molecule has 1 atom stereocenters. The van der Waals surface area contributed by atoms with Crippen molar-refractivity contribution < 1.29 is 4.79 Å². The smallest absolute Gasteiger partial charge is 0.230 e. The van der Waals surface area contributed by atoms with Gasteiger partial charge in [-0.1, -0.05) is 48.0 Å². The number of hydrogen-bond acceptors (Lipinski definition) is 2. The Labute approximate surface area is 187 Å². The lowest BCUT2D eigenvalue weighted by Gasteiger charge is -2.46. The number of halogens is 1. The van der Waals surface area contributed by atoms with Crippen LogP contribution in [0.4, 0.5) is 5.69 Å². The van der Waals surface area contributed by atoms with Gasteiger partial charge in [-0.2, -0.15) is 0 Å². The van der Waals surface area contributed by atoms with Gasteiger partial charge >= 0.3 is 0 Å². The fraction of sp³-hybridized carbons (Fsp3) is 0.269. The number of nitrogens with one attached hydrogen (secondary N) is 1. The summed E-state index contributed by atoms with van der Waals surface area (Å²) in [4.78, 5) is 15.5. The fourth-order valence-electron chi connectivity index (χ4n) is 5.49. The van der Waals surface area contributed by atoms with Crippen LogP contribution in [0.25, 0.3) is 11.8 Å². The molecule has 5 heteroatoms. The Hall–Kier alpha value is -2.98. The summed E-state index contributed by atoms with van der Waals surface area (Å²) in [6.45, 7) is 1.50. The van der Waals surface area contributed by atoms with E-state index in [0.717, 1.165) is 54.3 Å². The molecule has 3 heterocycles. The van der Waals surface area contributed by atoms with Crippen molar-refractivity contribution in [1.82, 2.24) is 9.47 Å². The van der Waals surface area contributed by atoms with E-state index in [1.165, 1.54) is 11.3 Å². The molecule has 0 bridgehead atoms. The van der Waals surface area contributed by atoms with Crippen LogP contribution in [-0.2, 0) is 10.3 Å². The predicted molar refractivity (Wildman–Crippen MR) is 125 cm³/mol. The molecule has 1 amide bonds. The molecule has 0 radical (unpaired) electrons. The highest BCUT2D eigenvalue weighted by Gasteiger charge is 2.43. The molecule has 1 spiro atoms. The second-order valence-electron chi connectivity index (χ2n) is 8.78. The third kappa shape index (κ3) is 2.93. The number of carbonyl (C=O) groups excluding carboxylic acids is 1. The van der Waals surface area contributed by atoms with Crippen molar-refractivity contribution in [2.45, 2.75) is 30.7 Å². The summed E-state index contributed by atoms with van der Waals surface area (Å²) in [6, 6.07) is 18.6. The zero-order valence-electron chi connectivity index (χ0n) is 17.2. The van der Waals surface area contributed by atoms with E-state index in [2.05, 4.69) is 63.5 Å². The number of piperidine rings is 1. The summed E-state index contributed by atoms with van der Waals surface area (Å²) in [5.41, 5.74) is 5.60. The van der Waals surface area contributed by atoms with Crippen LogP contribution in [0.5, 0.6) is 0 Å². The van der Waals surface area contributed by atoms with Gasteiger partial charge in [0.15, 0.2) is 0 Å². The standard InChI is InChI=1S/C26H24ClN3O/c27-19-10-11-22-23(17-19)30-14-4-9-24(30)26(28-22)12-15-29(16-13-26)25(31)21-8-3-6-18-5-1-2-7-20(18)21/h1-7,9-11,14,17,21,28H,8,12-13,15-16H2. The molecule has 2 aromatic carbocycles. The minimum absolute atomic E-state index is 0.0682. The van der Waals surface area contributed by atoms with Crippen LogP contribution < -0.4 is 5.32 Å². The lowest BCUT2D eigenvalue weighted by molar-refractivity contribution is -0.134. The summed E-state index contributed by atoms with van der Waals surface area (Å²) in [7, 11) is 0. The summed E-state index contributed by atoms with van der Waals surface area (Å²) in [6.07, 6.45) is 8.93. The van der Waals surface area contributed by atoms with Crippen LogP contribution in [-0.4, -0.2) is 28.5 Å². The highest BCUT2D eigenvalue weighted by atomic mass is 35.5. The highest BCUT2D eigenvalue weighted by Crippen LogP contribution is 2.44. The largest absolute Gasteiger partial charge is 0.372 e. The number of aromatic nitrogens is 1. The average molecular weight is 430 g/mol. The molecule has 0 saturated carbocycles. The van der Waals surface area contributed by atoms with Crippen LogP contribution in [0, 0.1) is 0 Å². The molecule has 6 rings (SSSR count). The molecule has 1 saturated heterocycles. The molecular formula is C26H24ClN3O. The van der Waals surface area contributed by atoms with Gasteiger partial charge in [-0.3, -0.25) is 4.79 Å². The molecule has 3 aromatic rings. The summed E-state index contributed by atoms with van der Waals surface area (Å²) in [5, 5.41) is 4.54. The van der Waals surface area contributed by atoms with E-state index >= 15 is 0 Å². The number of allylic oxidation sites excluding steroid dienone is 1. The van der Waals surface area contributed by atoms with E-state index in [-0.39, 0.29) is 17.4 Å². The zero-order chi connectivity index (χ0) is 21.0. The second-order valence-corrected chi connectivity index (χ2v) is 9.21. The summed E-state index contributed by atoms with van der Waals surface area (Å²) < 4.78 is 2.25. The second kappa shape index (κ2) is 7.03. The van der Waals surface area contributed by atoms with Crippen molar-refractivity contribution in [3.63, 3.8) is 0 Å². The Morgan fingerprint density at radius 1 is 1.06 bits per heavy atom. The molecule has 156 valence electrons. The van der Waals surface area contributed by atoms with Gasteiger partial charge in [-0.15, -0.1) is 0 Å². The van der Waals surface area contributed by atoms with Gasteiger partial charge in [-0.25, -0.2) is 0 Å². The van der Waals surface area contributed by atoms with Gasteiger partial charge in [-0.05, 0) is 60.7 Å². The number of amides is 1. The predicted octanol–water partition coefficient (Wildman–Crippen LogP) is 5.57. The minimum atomic E-state index is -0.161. The fourth-order valence-corrected chi connectivity index (χ4v) is 5.66. The lowest BCUT2D eigenvalue weighted by Crippen LogP contribution is -2.51. The monoisotopic (exact) mass is 429 g/mol. The molecule has 1 N–H and O–H groups in total. The van der Waals surface area contributed by atoms with Crippen molar-refractivity contribution in [3.8, 4) is 5.69 Å². The number of hydrogen-bond donors (Lipinski definition) is 1. The number of nitrogens with zero attached hydrogens (tertiary/aromatic N) is 2. The maximum absolute atomic E-state index is 13.5. The Morgan fingerprint density at radius 2 is 1.90 bits per heavy atom.